The van der Waals surface area contributed by atoms with E-state index in [2.05, 4.69) is 0 Å². The van der Waals surface area contributed by atoms with Gasteiger partial charge >= 0.3 is 6.18 Å². The Hall–Kier alpha value is -2.78. The molecule has 0 aromatic heterocycles. The summed E-state index contributed by atoms with van der Waals surface area (Å²) < 4.78 is 86.4. The van der Waals surface area contributed by atoms with Crippen LogP contribution in [0.3, 0.4) is 0 Å². The van der Waals surface area contributed by atoms with Gasteiger partial charge in [0, 0.05) is 10.6 Å². The highest BCUT2D eigenvalue weighted by Gasteiger charge is 2.35. The largest absolute Gasteiger partial charge is 0.489 e. The molecule has 4 rings (SSSR count). The molecule has 10 heteroatoms. The molecule has 3 aromatic carbocycles. The molecule has 0 unspecified atom stereocenters. The quantitative estimate of drug-likeness (QED) is 0.457. The summed E-state index contributed by atoms with van der Waals surface area (Å²) in [7, 11) is -4.34. The van der Waals surface area contributed by atoms with Gasteiger partial charge in [0.1, 0.15) is 18.2 Å². The Morgan fingerprint density at radius 3 is 2.52 bits per heavy atom. The number of sulfonamides is 1. The maximum absolute atomic E-state index is 14.3. The summed E-state index contributed by atoms with van der Waals surface area (Å²) in [5.74, 6) is -0.346. The molecule has 0 bridgehead atoms. The summed E-state index contributed by atoms with van der Waals surface area (Å²) in [6, 6.07) is 11.9. The average Bonchev–Trinajstić information content (AvgIpc) is 2.74. The predicted molar refractivity (Wildman–Crippen MR) is 108 cm³/mol. The molecule has 0 fully saturated rings. The molecule has 1 aliphatic rings. The third-order valence-electron chi connectivity index (χ3n) is 4.77. The standard InChI is InChI=1S/C21H14ClF4NO3S/c22-15-5-6-18(23)17(12-15)13-4-7-20-19(10-13)27(8-9-30-20)31(28,29)16-3-1-2-14(11-16)21(24,25)26/h1-7,10-12H,8-9H2. The van der Waals surface area contributed by atoms with Gasteiger partial charge in [-0.2, -0.15) is 13.2 Å². The van der Waals surface area contributed by atoms with Crippen molar-refractivity contribution in [2.75, 3.05) is 17.5 Å². The van der Waals surface area contributed by atoms with Crippen LogP contribution >= 0.6 is 11.6 Å². The van der Waals surface area contributed by atoms with Gasteiger partial charge in [0.2, 0.25) is 0 Å². The van der Waals surface area contributed by atoms with Gasteiger partial charge in [-0.3, -0.25) is 4.31 Å². The molecule has 0 radical (unpaired) electrons. The lowest BCUT2D eigenvalue weighted by atomic mass is 10.0. The second kappa shape index (κ2) is 7.72. The average molecular weight is 472 g/mol. The third-order valence-corrected chi connectivity index (χ3v) is 6.81. The first-order valence-corrected chi connectivity index (χ1v) is 10.8. The van der Waals surface area contributed by atoms with Crippen molar-refractivity contribution in [1.29, 1.82) is 0 Å². The second-order valence-corrected chi connectivity index (χ2v) is 9.06. The van der Waals surface area contributed by atoms with Gasteiger partial charge in [-0.25, -0.2) is 12.8 Å². The molecule has 1 aliphatic heterocycles. The highest BCUT2D eigenvalue weighted by molar-refractivity contribution is 7.92. The summed E-state index contributed by atoms with van der Waals surface area (Å²) in [6.07, 6.45) is -4.69. The van der Waals surface area contributed by atoms with Crippen LogP contribution in [0.25, 0.3) is 11.1 Å². The number of fused-ring (bicyclic) bond motifs is 1. The Morgan fingerprint density at radius 1 is 1.00 bits per heavy atom. The van der Waals surface area contributed by atoms with E-state index in [1.54, 1.807) is 6.07 Å². The number of ether oxygens (including phenoxy) is 1. The summed E-state index contributed by atoms with van der Waals surface area (Å²) >= 11 is 5.95. The van der Waals surface area contributed by atoms with Crippen molar-refractivity contribution in [3.05, 3.63) is 77.1 Å². The normalized spacial score (nSPS) is 14.2. The molecule has 3 aromatic rings. The SMILES string of the molecule is O=S(=O)(c1cccc(C(F)(F)F)c1)N1CCOc2ccc(-c3cc(Cl)ccc3F)cc21. The number of rotatable bonds is 3. The number of benzene rings is 3. The molecular formula is C21H14ClF4NO3S. The molecular weight excluding hydrogens is 458 g/mol. The van der Waals surface area contributed by atoms with Crippen LogP contribution in [-0.2, 0) is 16.2 Å². The van der Waals surface area contributed by atoms with Gasteiger partial charge in [-0.05, 0) is 54.1 Å². The van der Waals surface area contributed by atoms with Crippen LogP contribution in [0.1, 0.15) is 5.56 Å². The van der Waals surface area contributed by atoms with Crippen LogP contribution in [0.15, 0.2) is 65.6 Å². The third kappa shape index (κ3) is 4.07. The van der Waals surface area contributed by atoms with Crippen LogP contribution < -0.4 is 9.04 Å². The van der Waals surface area contributed by atoms with E-state index in [-0.39, 0.29) is 30.2 Å². The van der Waals surface area contributed by atoms with Gasteiger partial charge in [-0.1, -0.05) is 23.7 Å². The summed E-state index contributed by atoms with van der Waals surface area (Å²) in [6.45, 7) is -0.108. The molecule has 0 amide bonds. The topological polar surface area (TPSA) is 46.6 Å². The van der Waals surface area contributed by atoms with Crippen molar-refractivity contribution in [2.24, 2.45) is 0 Å². The fraction of sp³-hybridized carbons (Fsp3) is 0.143. The van der Waals surface area contributed by atoms with Crippen molar-refractivity contribution < 1.29 is 30.7 Å². The minimum absolute atomic E-state index is 0.00998. The molecule has 0 saturated carbocycles. The van der Waals surface area contributed by atoms with Crippen LogP contribution in [0.4, 0.5) is 23.2 Å². The predicted octanol–water partition coefficient (Wildman–Crippen LogP) is 5.75. The Labute approximate surface area is 180 Å². The summed E-state index contributed by atoms with van der Waals surface area (Å²) in [5.41, 5.74) is -0.483. The Morgan fingerprint density at radius 2 is 1.77 bits per heavy atom. The summed E-state index contributed by atoms with van der Waals surface area (Å²) in [5, 5.41) is 0.291. The molecule has 31 heavy (non-hydrogen) atoms. The minimum Gasteiger partial charge on any atom is -0.489 e. The number of hydrogen-bond acceptors (Lipinski definition) is 3. The van der Waals surface area contributed by atoms with E-state index in [4.69, 9.17) is 16.3 Å². The molecule has 0 aliphatic carbocycles. The van der Waals surface area contributed by atoms with Crippen molar-refractivity contribution in [1.82, 2.24) is 0 Å². The van der Waals surface area contributed by atoms with Gasteiger partial charge in [-0.15, -0.1) is 0 Å². The number of halogens is 5. The highest BCUT2D eigenvalue weighted by atomic mass is 35.5. The first-order chi connectivity index (χ1) is 14.6. The van der Waals surface area contributed by atoms with E-state index in [1.165, 1.54) is 30.3 Å². The smallest absolute Gasteiger partial charge is 0.416 e. The van der Waals surface area contributed by atoms with Gasteiger partial charge < -0.3 is 4.74 Å². The first-order valence-electron chi connectivity index (χ1n) is 9.00. The zero-order valence-corrected chi connectivity index (χ0v) is 17.2. The minimum atomic E-state index is -4.69. The van der Waals surface area contributed by atoms with Crippen molar-refractivity contribution in [2.45, 2.75) is 11.1 Å². The van der Waals surface area contributed by atoms with Crippen molar-refractivity contribution in [3.63, 3.8) is 0 Å². The van der Waals surface area contributed by atoms with Gasteiger partial charge in [0.15, 0.2) is 0 Å². The second-order valence-electron chi connectivity index (χ2n) is 6.76. The zero-order valence-electron chi connectivity index (χ0n) is 15.7. The number of alkyl halides is 3. The summed E-state index contributed by atoms with van der Waals surface area (Å²) in [4.78, 5) is -0.505. The first kappa shape index (κ1) is 21.5. The molecule has 0 spiro atoms. The maximum Gasteiger partial charge on any atom is 0.416 e. The molecule has 0 saturated heterocycles. The molecule has 0 N–H and O–H groups in total. The fourth-order valence-electron chi connectivity index (χ4n) is 3.29. The van der Waals surface area contributed by atoms with Crippen LogP contribution in [0.2, 0.25) is 5.02 Å². The molecule has 1 heterocycles. The van der Waals surface area contributed by atoms with E-state index in [1.807, 2.05) is 0 Å². The van der Waals surface area contributed by atoms with Gasteiger partial charge in [0.25, 0.3) is 10.0 Å². The molecule has 162 valence electrons. The van der Waals surface area contributed by atoms with Crippen LogP contribution in [-0.4, -0.2) is 21.6 Å². The molecule has 0 atom stereocenters. The molecule has 4 nitrogen and oxygen atoms in total. The van der Waals surface area contributed by atoms with E-state index >= 15 is 0 Å². The number of anilines is 1. The lowest BCUT2D eigenvalue weighted by Gasteiger charge is -2.31. The Balaban J connectivity index is 1.82. The maximum atomic E-state index is 14.3. The monoisotopic (exact) mass is 471 g/mol. The van der Waals surface area contributed by atoms with E-state index in [0.717, 1.165) is 22.5 Å². The highest BCUT2D eigenvalue weighted by Crippen LogP contribution is 2.40. The Kier molecular flexibility index (Phi) is 5.35. The fourth-order valence-corrected chi connectivity index (χ4v) is 4.96. The number of nitrogens with zero attached hydrogens (tertiary/aromatic N) is 1. The van der Waals surface area contributed by atoms with E-state index < -0.39 is 32.5 Å². The lowest BCUT2D eigenvalue weighted by molar-refractivity contribution is -0.137. The van der Waals surface area contributed by atoms with Crippen molar-refractivity contribution in [3.8, 4) is 16.9 Å². The van der Waals surface area contributed by atoms with E-state index in [0.29, 0.717) is 16.7 Å². The zero-order chi connectivity index (χ0) is 22.4. The lowest BCUT2D eigenvalue weighted by Crippen LogP contribution is -2.38. The van der Waals surface area contributed by atoms with Crippen molar-refractivity contribution >= 4 is 27.3 Å². The Bertz CT molecular complexity index is 1260. The van der Waals surface area contributed by atoms with Crippen LogP contribution in [0.5, 0.6) is 5.75 Å². The van der Waals surface area contributed by atoms with E-state index in [9.17, 15) is 26.0 Å². The number of hydrogen-bond donors (Lipinski definition) is 0. The van der Waals surface area contributed by atoms with Crippen LogP contribution in [0, 0.1) is 5.82 Å². The van der Waals surface area contributed by atoms with Gasteiger partial charge in [0.05, 0.1) is 22.7 Å².